The molecule has 0 radical (unpaired) electrons. The normalized spacial score (nSPS) is 32.3. The molecule has 0 heterocycles. The number of nitrogens with two attached hydrogens (primary N) is 1. The van der Waals surface area contributed by atoms with Crippen LogP contribution in [0.3, 0.4) is 0 Å². The number of rotatable bonds is 4. The van der Waals surface area contributed by atoms with Crippen LogP contribution in [0.4, 0.5) is 0 Å². The predicted octanol–water partition coefficient (Wildman–Crippen LogP) is 0.723. The van der Waals surface area contributed by atoms with Gasteiger partial charge in [-0.25, -0.2) is 0 Å². The molecule has 3 N–H and O–H groups in total. The molecule has 0 saturated heterocycles. The van der Waals surface area contributed by atoms with E-state index in [0.717, 1.165) is 0 Å². The molecule has 0 aliphatic heterocycles. The summed E-state index contributed by atoms with van der Waals surface area (Å²) in [7, 11) is 0. The van der Waals surface area contributed by atoms with E-state index < -0.39 is 17.9 Å². The average molecular weight is 216 g/mol. The molecule has 0 unspecified atom stereocenters. The standard InChI is InChI=1S/C8H16N4O3/c1-8(2,13)15-7-4-5(10-12-9)3-6(7)11-14/h5-7,13H,3-4H2,1-2H3,(H2,9,10)/t5-,6+,7+/m1/s1. The van der Waals surface area contributed by atoms with Gasteiger partial charge in [0.2, 0.25) is 0 Å². The van der Waals surface area contributed by atoms with Crippen LogP contribution in [0.1, 0.15) is 26.7 Å². The Morgan fingerprint density at radius 2 is 2.13 bits per heavy atom. The van der Waals surface area contributed by atoms with Gasteiger partial charge in [-0.3, -0.25) is 0 Å². The van der Waals surface area contributed by atoms with E-state index >= 15 is 0 Å². The van der Waals surface area contributed by atoms with Crippen molar-refractivity contribution in [1.29, 1.82) is 0 Å². The van der Waals surface area contributed by atoms with Crippen molar-refractivity contribution in [2.24, 2.45) is 21.4 Å². The van der Waals surface area contributed by atoms with Gasteiger partial charge in [0, 0.05) is 12.8 Å². The first kappa shape index (κ1) is 12.0. The Morgan fingerprint density at radius 1 is 1.47 bits per heavy atom. The quantitative estimate of drug-likeness (QED) is 0.237. The van der Waals surface area contributed by atoms with E-state index in [-0.39, 0.29) is 6.04 Å². The summed E-state index contributed by atoms with van der Waals surface area (Å²) in [4.78, 5) is 10.5. The van der Waals surface area contributed by atoms with Gasteiger partial charge in [-0.1, -0.05) is 10.4 Å². The monoisotopic (exact) mass is 216 g/mol. The fraction of sp³-hybridized carbons (Fsp3) is 1.00. The lowest BCUT2D eigenvalue weighted by molar-refractivity contribution is -0.206. The van der Waals surface area contributed by atoms with Crippen LogP contribution < -0.4 is 5.84 Å². The van der Waals surface area contributed by atoms with Crippen LogP contribution in [-0.2, 0) is 4.74 Å². The van der Waals surface area contributed by atoms with Gasteiger partial charge in [-0.2, -0.15) is 10.0 Å². The maximum absolute atomic E-state index is 10.5. The molecule has 0 spiro atoms. The van der Waals surface area contributed by atoms with Gasteiger partial charge in [0.25, 0.3) is 0 Å². The molecule has 86 valence electrons. The molecule has 7 heteroatoms. The number of nitroso groups, excluding NO2 is 1. The van der Waals surface area contributed by atoms with Gasteiger partial charge >= 0.3 is 0 Å². The van der Waals surface area contributed by atoms with Gasteiger partial charge in [-0.15, -0.1) is 0 Å². The Balaban J connectivity index is 2.60. The fourth-order valence-corrected chi connectivity index (χ4v) is 1.75. The number of ether oxygens (including phenoxy) is 1. The highest BCUT2D eigenvalue weighted by atomic mass is 16.6. The van der Waals surface area contributed by atoms with Crippen LogP contribution in [0.25, 0.3) is 0 Å². The minimum atomic E-state index is -1.28. The Hall–Kier alpha value is -1.08. The van der Waals surface area contributed by atoms with Crippen molar-refractivity contribution >= 4 is 0 Å². The first-order chi connectivity index (χ1) is 6.96. The first-order valence-electron chi connectivity index (χ1n) is 4.79. The van der Waals surface area contributed by atoms with Crippen molar-refractivity contribution in [3.63, 3.8) is 0 Å². The van der Waals surface area contributed by atoms with Crippen LogP contribution in [0.2, 0.25) is 0 Å². The lowest BCUT2D eigenvalue weighted by Gasteiger charge is -2.24. The number of nitrogens with zero attached hydrogens (tertiary/aromatic N) is 3. The molecule has 7 nitrogen and oxygen atoms in total. The molecule has 1 saturated carbocycles. The van der Waals surface area contributed by atoms with Gasteiger partial charge in [0.05, 0.1) is 12.1 Å². The number of hydrogen-bond donors (Lipinski definition) is 2. The predicted molar refractivity (Wildman–Crippen MR) is 52.8 cm³/mol. The summed E-state index contributed by atoms with van der Waals surface area (Å²) in [6.45, 7) is 3.01. The summed E-state index contributed by atoms with van der Waals surface area (Å²) in [5.74, 6) is 3.65. The molecular formula is C8H16N4O3. The Bertz CT molecular complexity index is 251. The lowest BCUT2D eigenvalue weighted by Crippen LogP contribution is -2.33. The second-order valence-electron chi connectivity index (χ2n) is 4.13. The number of aliphatic hydroxyl groups is 1. The second-order valence-corrected chi connectivity index (χ2v) is 4.13. The maximum atomic E-state index is 10.5. The molecule has 0 aromatic carbocycles. The van der Waals surface area contributed by atoms with Gasteiger partial charge < -0.3 is 15.7 Å². The lowest BCUT2D eigenvalue weighted by atomic mass is 10.2. The van der Waals surface area contributed by atoms with Crippen LogP contribution in [0, 0.1) is 4.91 Å². The molecule has 0 aromatic rings. The molecule has 0 amide bonds. The van der Waals surface area contributed by atoms with E-state index in [1.54, 1.807) is 0 Å². The molecular weight excluding hydrogens is 200 g/mol. The zero-order valence-corrected chi connectivity index (χ0v) is 8.83. The van der Waals surface area contributed by atoms with Crippen LogP contribution in [0.5, 0.6) is 0 Å². The third-order valence-corrected chi connectivity index (χ3v) is 2.25. The van der Waals surface area contributed by atoms with Crippen LogP contribution >= 0.6 is 0 Å². The second kappa shape index (κ2) is 4.63. The molecule has 3 atom stereocenters. The highest BCUT2D eigenvalue weighted by Gasteiger charge is 2.39. The van der Waals surface area contributed by atoms with Crippen molar-refractivity contribution in [3.05, 3.63) is 4.91 Å². The fourth-order valence-electron chi connectivity index (χ4n) is 1.75. The van der Waals surface area contributed by atoms with Gasteiger partial charge in [0.15, 0.2) is 5.79 Å². The zero-order chi connectivity index (χ0) is 11.5. The SMILES string of the molecule is CC(C)(O)O[C@H]1C[C@H](N=NN)C[C@@H]1N=O. The molecule has 1 rings (SSSR count). The van der Waals surface area contributed by atoms with E-state index in [4.69, 9.17) is 10.6 Å². The van der Waals surface area contributed by atoms with Crippen LogP contribution in [-0.4, -0.2) is 29.1 Å². The smallest absolute Gasteiger partial charge is 0.160 e. The summed E-state index contributed by atoms with van der Waals surface area (Å²) in [6.07, 6.45) is 0.546. The highest BCUT2D eigenvalue weighted by molar-refractivity contribution is 4.93. The Morgan fingerprint density at radius 3 is 2.60 bits per heavy atom. The Labute approximate surface area is 87.6 Å². The summed E-state index contributed by atoms with van der Waals surface area (Å²) in [6, 6.07) is -0.642. The summed E-state index contributed by atoms with van der Waals surface area (Å²) in [5.41, 5.74) is 0. The molecule has 1 aliphatic rings. The highest BCUT2D eigenvalue weighted by Crippen LogP contribution is 2.30. The van der Waals surface area contributed by atoms with Crippen molar-refractivity contribution in [1.82, 2.24) is 0 Å². The molecule has 15 heavy (non-hydrogen) atoms. The molecule has 1 fully saturated rings. The van der Waals surface area contributed by atoms with Crippen molar-refractivity contribution in [3.8, 4) is 0 Å². The van der Waals surface area contributed by atoms with E-state index in [9.17, 15) is 10.0 Å². The zero-order valence-electron chi connectivity index (χ0n) is 8.83. The minimum absolute atomic E-state index is 0.148. The maximum Gasteiger partial charge on any atom is 0.160 e. The van der Waals surface area contributed by atoms with E-state index in [2.05, 4.69) is 15.5 Å². The minimum Gasteiger partial charge on any atom is -0.366 e. The van der Waals surface area contributed by atoms with Crippen molar-refractivity contribution < 1.29 is 9.84 Å². The van der Waals surface area contributed by atoms with Crippen molar-refractivity contribution in [2.45, 2.75) is 50.7 Å². The summed E-state index contributed by atoms with van der Waals surface area (Å²) < 4.78 is 5.30. The molecule has 0 bridgehead atoms. The number of hydrogen-bond acceptors (Lipinski definition) is 6. The largest absolute Gasteiger partial charge is 0.366 e. The first-order valence-corrected chi connectivity index (χ1v) is 4.79. The van der Waals surface area contributed by atoms with E-state index in [1.807, 2.05) is 0 Å². The van der Waals surface area contributed by atoms with Crippen LogP contribution in [0.15, 0.2) is 15.5 Å². The average Bonchev–Trinajstić information content (AvgIpc) is 2.45. The van der Waals surface area contributed by atoms with E-state index in [1.165, 1.54) is 13.8 Å². The van der Waals surface area contributed by atoms with Gasteiger partial charge in [-0.05, 0) is 13.8 Å². The van der Waals surface area contributed by atoms with E-state index in [0.29, 0.717) is 12.8 Å². The third kappa shape index (κ3) is 3.52. The summed E-state index contributed by atoms with van der Waals surface area (Å²) >= 11 is 0. The molecule has 0 aromatic heterocycles. The van der Waals surface area contributed by atoms with Crippen molar-refractivity contribution in [2.75, 3.05) is 0 Å². The summed E-state index contributed by atoms with van der Waals surface area (Å²) in [5, 5.41) is 19.3. The molecule has 1 aliphatic carbocycles. The van der Waals surface area contributed by atoms with Gasteiger partial charge in [0.1, 0.15) is 6.04 Å². The topological polar surface area (TPSA) is 110 Å². The third-order valence-electron chi connectivity index (χ3n) is 2.25. The Kier molecular flexibility index (Phi) is 3.70.